The van der Waals surface area contributed by atoms with Crippen LogP contribution in [0, 0.1) is 12.8 Å². The van der Waals surface area contributed by atoms with Gasteiger partial charge in [0.25, 0.3) is 0 Å². The van der Waals surface area contributed by atoms with Crippen LogP contribution in [0.4, 0.5) is 5.95 Å². The fourth-order valence-electron chi connectivity index (χ4n) is 2.92. The Morgan fingerprint density at radius 2 is 2.04 bits per heavy atom. The highest BCUT2D eigenvalue weighted by Crippen LogP contribution is 2.25. The molecule has 1 aliphatic heterocycles. The molecule has 2 N–H and O–H groups in total. The van der Waals surface area contributed by atoms with Crippen molar-refractivity contribution < 1.29 is 22.5 Å². The highest BCUT2D eigenvalue weighted by molar-refractivity contribution is 7.93. The van der Waals surface area contributed by atoms with Gasteiger partial charge in [-0.1, -0.05) is 5.16 Å². The van der Waals surface area contributed by atoms with Gasteiger partial charge in [0.05, 0.1) is 11.4 Å². The lowest BCUT2D eigenvalue weighted by atomic mass is 9.98. The molecule has 11 heteroatoms. The summed E-state index contributed by atoms with van der Waals surface area (Å²) in [5.74, 6) is 0.295. The van der Waals surface area contributed by atoms with Gasteiger partial charge < -0.3 is 14.2 Å². The van der Waals surface area contributed by atoms with E-state index in [2.05, 4.69) is 25.7 Å². The van der Waals surface area contributed by atoms with Crippen LogP contribution in [0.1, 0.15) is 38.8 Å². The summed E-state index contributed by atoms with van der Waals surface area (Å²) in [7, 11) is -3.66. The van der Waals surface area contributed by atoms with E-state index in [0.29, 0.717) is 37.0 Å². The average Bonchev–Trinajstić information content (AvgIpc) is 3.29. The van der Waals surface area contributed by atoms with Crippen molar-refractivity contribution in [2.75, 3.05) is 24.3 Å². The molecule has 0 aliphatic carbocycles. The van der Waals surface area contributed by atoms with Crippen molar-refractivity contribution in [1.29, 1.82) is 0 Å². The Hall–Kier alpha value is -2.27. The predicted molar refractivity (Wildman–Crippen MR) is 101 cm³/mol. The number of rotatable bonds is 7. The van der Waals surface area contributed by atoms with E-state index in [1.165, 1.54) is 13.8 Å². The van der Waals surface area contributed by atoms with Crippen molar-refractivity contribution >= 4 is 21.7 Å². The largest absolute Gasteiger partial charge is 0.381 e. The lowest BCUT2D eigenvalue weighted by Crippen LogP contribution is -2.46. The normalized spacial score (nSPS) is 16.2. The molecular weight excluding hydrogens is 386 g/mol. The van der Waals surface area contributed by atoms with E-state index in [-0.39, 0.29) is 17.5 Å². The number of anilines is 1. The van der Waals surface area contributed by atoms with Crippen LogP contribution in [0.5, 0.6) is 0 Å². The maximum Gasteiger partial charge on any atom is 0.247 e. The minimum Gasteiger partial charge on any atom is -0.381 e. The molecule has 2 aromatic heterocycles. The highest BCUT2D eigenvalue weighted by atomic mass is 32.2. The van der Waals surface area contributed by atoms with Crippen LogP contribution in [0.15, 0.2) is 10.6 Å². The smallest absolute Gasteiger partial charge is 0.247 e. The second-order valence-corrected chi connectivity index (χ2v) is 10.1. The molecule has 28 heavy (non-hydrogen) atoms. The van der Waals surface area contributed by atoms with Crippen molar-refractivity contribution in [3.63, 3.8) is 0 Å². The van der Waals surface area contributed by atoms with Gasteiger partial charge >= 0.3 is 0 Å². The fraction of sp³-hybridized carbons (Fsp3) is 0.647. The van der Waals surface area contributed by atoms with E-state index in [9.17, 15) is 13.2 Å². The maximum atomic E-state index is 12.8. The summed E-state index contributed by atoms with van der Waals surface area (Å²) in [6, 6.07) is 1.66. The van der Waals surface area contributed by atoms with Crippen LogP contribution >= 0.6 is 0 Å². The number of nitrogens with one attached hydrogen (secondary N) is 2. The fourth-order valence-corrected chi connectivity index (χ4v) is 4.40. The first-order valence-electron chi connectivity index (χ1n) is 9.17. The van der Waals surface area contributed by atoms with E-state index in [1.807, 2.05) is 0 Å². The Balaban J connectivity index is 1.63. The molecule has 0 atom stereocenters. The summed E-state index contributed by atoms with van der Waals surface area (Å²) >= 11 is 0. The van der Waals surface area contributed by atoms with Crippen LogP contribution in [-0.2, 0) is 19.4 Å². The second kappa shape index (κ2) is 8.00. The first kappa shape index (κ1) is 20.5. The molecular formula is C17H25N5O5S. The van der Waals surface area contributed by atoms with Crippen LogP contribution in [0.2, 0.25) is 0 Å². The molecule has 0 bridgehead atoms. The Labute approximate surface area is 163 Å². The van der Waals surface area contributed by atoms with Gasteiger partial charge in [0.15, 0.2) is 9.84 Å². The number of aryl methyl sites for hydroxylation is 1. The number of ether oxygens (including phenoxy) is 1. The summed E-state index contributed by atoms with van der Waals surface area (Å²) in [4.78, 5) is 15.4. The van der Waals surface area contributed by atoms with Crippen LogP contribution in [0.3, 0.4) is 0 Å². The third kappa shape index (κ3) is 4.41. The predicted octanol–water partition coefficient (Wildman–Crippen LogP) is 1.72. The van der Waals surface area contributed by atoms with Gasteiger partial charge in [0.2, 0.25) is 23.4 Å². The van der Waals surface area contributed by atoms with Crippen molar-refractivity contribution in [1.82, 2.24) is 20.3 Å². The van der Waals surface area contributed by atoms with Gasteiger partial charge in [-0.05, 0) is 46.0 Å². The Morgan fingerprint density at radius 3 is 2.68 bits per heavy atom. The Morgan fingerprint density at radius 1 is 1.32 bits per heavy atom. The number of carbonyl (C=O) groups excluding carboxylic acids is 1. The number of carbonyl (C=O) groups is 1. The number of nitrogens with zero attached hydrogens (tertiary/aromatic N) is 3. The van der Waals surface area contributed by atoms with Gasteiger partial charge in [-0.25, -0.2) is 8.42 Å². The zero-order chi connectivity index (χ0) is 20.4. The van der Waals surface area contributed by atoms with Gasteiger partial charge in [-0.2, -0.15) is 0 Å². The molecule has 3 heterocycles. The minimum absolute atomic E-state index is 0.0433. The number of aromatic nitrogens is 4. The van der Waals surface area contributed by atoms with Crippen molar-refractivity contribution in [3.8, 4) is 11.6 Å². The lowest BCUT2D eigenvalue weighted by Gasteiger charge is -2.26. The number of aromatic amines is 1. The van der Waals surface area contributed by atoms with Crippen molar-refractivity contribution in [3.05, 3.63) is 11.8 Å². The third-order valence-electron chi connectivity index (χ3n) is 5.04. The van der Waals surface area contributed by atoms with E-state index < -0.39 is 20.5 Å². The second-order valence-electron chi connectivity index (χ2n) is 7.48. The van der Waals surface area contributed by atoms with Gasteiger partial charge in [0.1, 0.15) is 4.75 Å². The monoisotopic (exact) mass is 411 g/mol. The molecule has 0 unspecified atom stereocenters. The zero-order valence-electron chi connectivity index (χ0n) is 16.2. The molecule has 1 aliphatic rings. The third-order valence-corrected chi connectivity index (χ3v) is 7.55. The molecule has 10 nitrogen and oxygen atoms in total. The Kier molecular flexibility index (Phi) is 5.84. The molecule has 0 saturated carbocycles. The lowest BCUT2D eigenvalue weighted by molar-refractivity contribution is -0.117. The first-order chi connectivity index (χ1) is 13.2. The molecule has 0 spiro atoms. The molecule has 3 rings (SSSR count). The van der Waals surface area contributed by atoms with Gasteiger partial charge in [0, 0.05) is 19.3 Å². The Bertz CT molecular complexity index is 927. The summed E-state index contributed by atoms with van der Waals surface area (Å²) in [5.41, 5.74) is 0.675. The number of hydrogen-bond acceptors (Lipinski definition) is 8. The highest BCUT2D eigenvalue weighted by Gasteiger charge is 2.42. The number of hydrogen-bond donors (Lipinski definition) is 2. The summed E-state index contributed by atoms with van der Waals surface area (Å²) < 4.78 is 34.4. The maximum absolute atomic E-state index is 12.8. The van der Waals surface area contributed by atoms with Crippen molar-refractivity contribution in [2.45, 2.75) is 44.8 Å². The van der Waals surface area contributed by atoms with E-state index >= 15 is 0 Å². The van der Waals surface area contributed by atoms with Crippen LogP contribution in [0.25, 0.3) is 11.6 Å². The van der Waals surface area contributed by atoms with E-state index in [1.54, 1.807) is 13.0 Å². The molecule has 1 fully saturated rings. The van der Waals surface area contributed by atoms with Gasteiger partial charge in [-0.3, -0.25) is 10.1 Å². The minimum atomic E-state index is -3.66. The molecule has 1 saturated heterocycles. The van der Waals surface area contributed by atoms with E-state index in [4.69, 9.17) is 9.26 Å². The molecule has 2 aromatic rings. The molecule has 0 aromatic carbocycles. The average molecular weight is 411 g/mol. The quantitative estimate of drug-likeness (QED) is 0.702. The number of sulfone groups is 1. The topological polar surface area (TPSA) is 140 Å². The molecule has 154 valence electrons. The standard InChI is InChI=1S/C17H25N5O5S/c1-11-10-13(27-22-11)14-18-16(21-20-14)19-15(23)17(2,3)28(24,25)9-6-12-4-7-26-8-5-12/h10,12H,4-9H2,1-3H3,(H2,18,19,20,21,23). The first-order valence-corrected chi connectivity index (χ1v) is 10.8. The van der Waals surface area contributed by atoms with Crippen LogP contribution in [-0.4, -0.2) is 58.4 Å². The molecule has 0 radical (unpaired) electrons. The summed E-state index contributed by atoms with van der Waals surface area (Å²) in [5, 5.41) is 14.0. The van der Waals surface area contributed by atoms with Crippen LogP contribution < -0.4 is 5.32 Å². The number of H-pyrrole nitrogens is 1. The SMILES string of the molecule is Cc1cc(-c2nnc(NC(=O)C(C)(C)S(=O)(=O)CCC3CCOCC3)[nH]2)on1. The number of amides is 1. The summed E-state index contributed by atoms with van der Waals surface area (Å²) in [6.45, 7) is 5.89. The molecule has 1 amide bonds. The van der Waals surface area contributed by atoms with Gasteiger partial charge in [-0.15, -0.1) is 10.2 Å². The summed E-state index contributed by atoms with van der Waals surface area (Å²) in [6.07, 6.45) is 2.23. The van der Waals surface area contributed by atoms with Crippen molar-refractivity contribution in [2.24, 2.45) is 5.92 Å². The zero-order valence-corrected chi connectivity index (χ0v) is 17.0. The van der Waals surface area contributed by atoms with E-state index in [0.717, 1.165) is 12.8 Å².